The van der Waals surface area contributed by atoms with Crippen molar-refractivity contribution in [2.75, 3.05) is 5.32 Å². The zero-order valence-electron chi connectivity index (χ0n) is 13.5. The maximum Gasteiger partial charge on any atom is 0.313 e. The summed E-state index contributed by atoms with van der Waals surface area (Å²) < 4.78 is 0. The molecule has 1 heterocycles. The maximum atomic E-state index is 12.1. The number of nitrogens with one attached hydrogen (secondary N) is 2. The minimum absolute atomic E-state index is 0.387. The highest BCUT2D eigenvalue weighted by Crippen LogP contribution is 2.22. The monoisotopic (exact) mass is 353 g/mol. The third kappa shape index (κ3) is 3.95. The lowest BCUT2D eigenvalue weighted by Gasteiger charge is -2.15. The number of aromatic nitrogens is 1. The normalized spacial score (nSPS) is 11.8. The van der Waals surface area contributed by atoms with Crippen LogP contribution in [0.25, 0.3) is 10.9 Å². The zero-order valence-corrected chi connectivity index (χ0v) is 14.2. The molecule has 0 spiro atoms. The molecule has 126 valence electrons. The van der Waals surface area contributed by atoms with E-state index in [1.54, 1.807) is 31.2 Å². The number of pyridine rings is 1. The third-order valence-electron chi connectivity index (χ3n) is 3.77. The number of fused-ring (bicyclic) bond motifs is 1. The van der Waals surface area contributed by atoms with Crippen LogP contribution in [0.4, 0.5) is 5.69 Å². The Hall–Kier alpha value is -2.92. The average Bonchev–Trinajstić information content (AvgIpc) is 2.61. The first kappa shape index (κ1) is 16.9. The summed E-state index contributed by atoms with van der Waals surface area (Å²) in [5.41, 5.74) is 2.03. The van der Waals surface area contributed by atoms with E-state index in [1.807, 2.05) is 30.3 Å². The van der Waals surface area contributed by atoms with E-state index >= 15 is 0 Å². The van der Waals surface area contributed by atoms with Gasteiger partial charge in [0.15, 0.2) is 0 Å². The van der Waals surface area contributed by atoms with E-state index in [-0.39, 0.29) is 6.04 Å². The fourth-order valence-corrected chi connectivity index (χ4v) is 2.79. The van der Waals surface area contributed by atoms with Crippen molar-refractivity contribution in [1.82, 2.24) is 10.3 Å². The molecule has 2 N–H and O–H groups in total. The summed E-state index contributed by atoms with van der Waals surface area (Å²) >= 11 is 6.11. The first-order valence-corrected chi connectivity index (χ1v) is 8.13. The Morgan fingerprint density at radius 2 is 1.76 bits per heavy atom. The van der Waals surface area contributed by atoms with Crippen molar-refractivity contribution >= 4 is 40.0 Å². The van der Waals surface area contributed by atoms with Crippen LogP contribution in [-0.4, -0.2) is 16.8 Å². The number of nitrogens with zero attached hydrogens (tertiary/aromatic N) is 1. The van der Waals surface area contributed by atoms with Crippen molar-refractivity contribution in [3.63, 3.8) is 0 Å². The number of carbonyl (C=O) groups is 2. The molecule has 1 aromatic heterocycles. The molecule has 25 heavy (non-hydrogen) atoms. The van der Waals surface area contributed by atoms with E-state index in [0.29, 0.717) is 10.7 Å². The lowest BCUT2D eigenvalue weighted by atomic mass is 10.1. The molecular weight excluding hydrogens is 338 g/mol. The van der Waals surface area contributed by atoms with Crippen LogP contribution in [-0.2, 0) is 9.59 Å². The summed E-state index contributed by atoms with van der Waals surface area (Å²) in [6.45, 7) is 1.77. The van der Waals surface area contributed by atoms with Crippen LogP contribution in [0.15, 0.2) is 60.8 Å². The first-order chi connectivity index (χ1) is 12.0. The standard InChI is InChI=1S/C19H16ClN3O2/c1-12(15-7-3-4-8-16(15)20)22-18(24)19(25)23-14-10-13-6-2-5-9-17(13)21-11-14/h2-12H,1H3,(H,22,24)(H,23,25)/t12-/m1/s1. The summed E-state index contributed by atoms with van der Waals surface area (Å²) in [6, 6.07) is 16.1. The van der Waals surface area contributed by atoms with Crippen molar-refractivity contribution in [2.24, 2.45) is 0 Å². The van der Waals surface area contributed by atoms with E-state index in [2.05, 4.69) is 15.6 Å². The molecule has 0 unspecified atom stereocenters. The molecule has 0 aliphatic heterocycles. The molecule has 0 aliphatic rings. The molecule has 0 bridgehead atoms. The van der Waals surface area contributed by atoms with Crippen LogP contribution in [0.3, 0.4) is 0 Å². The van der Waals surface area contributed by atoms with Gasteiger partial charge in [0.25, 0.3) is 0 Å². The minimum atomic E-state index is -0.754. The second-order valence-corrected chi connectivity index (χ2v) is 5.99. The minimum Gasteiger partial charge on any atom is -0.341 e. The van der Waals surface area contributed by atoms with E-state index < -0.39 is 11.8 Å². The van der Waals surface area contributed by atoms with E-state index in [1.165, 1.54) is 6.20 Å². The summed E-state index contributed by atoms with van der Waals surface area (Å²) in [4.78, 5) is 28.5. The van der Waals surface area contributed by atoms with Crippen LogP contribution in [0.1, 0.15) is 18.5 Å². The van der Waals surface area contributed by atoms with Crippen LogP contribution in [0, 0.1) is 0 Å². The second-order valence-electron chi connectivity index (χ2n) is 5.59. The molecule has 0 aliphatic carbocycles. The Balaban J connectivity index is 1.67. The molecule has 2 aromatic carbocycles. The van der Waals surface area contributed by atoms with Crippen molar-refractivity contribution in [2.45, 2.75) is 13.0 Å². The Bertz CT molecular complexity index is 943. The number of amides is 2. The molecule has 0 saturated carbocycles. The number of benzene rings is 2. The van der Waals surface area contributed by atoms with Crippen LogP contribution >= 0.6 is 11.6 Å². The quantitative estimate of drug-likeness (QED) is 0.705. The Morgan fingerprint density at radius 3 is 2.56 bits per heavy atom. The largest absolute Gasteiger partial charge is 0.341 e. The highest BCUT2D eigenvalue weighted by molar-refractivity contribution is 6.39. The van der Waals surface area contributed by atoms with Gasteiger partial charge in [-0.05, 0) is 30.7 Å². The molecule has 3 aromatic rings. The Kier molecular flexibility index (Phi) is 4.95. The van der Waals surface area contributed by atoms with Gasteiger partial charge < -0.3 is 10.6 Å². The topological polar surface area (TPSA) is 71.1 Å². The number of hydrogen-bond acceptors (Lipinski definition) is 3. The van der Waals surface area contributed by atoms with Crippen LogP contribution < -0.4 is 10.6 Å². The van der Waals surface area contributed by atoms with Gasteiger partial charge >= 0.3 is 11.8 Å². The first-order valence-electron chi connectivity index (χ1n) is 7.75. The van der Waals surface area contributed by atoms with Crippen LogP contribution in [0.2, 0.25) is 5.02 Å². The van der Waals surface area contributed by atoms with E-state index in [0.717, 1.165) is 16.5 Å². The number of rotatable bonds is 3. The fourth-order valence-electron chi connectivity index (χ4n) is 2.49. The van der Waals surface area contributed by atoms with E-state index in [9.17, 15) is 9.59 Å². The zero-order chi connectivity index (χ0) is 17.8. The summed E-state index contributed by atoms with van der Waals surface area (Å²) in [5, 5.41) is 6.61. The fraction of sp³-hybridized carbons (Fsp3) is 0.105. The van der Waals surface area contributed by atoms with Gasteiger partial charge in [-0.15, -0.1) is 0 Å². The molecular formula is C19H16ClN3O2. The molecule has 0 fully saturated rings. The molecule has 3 rings (SSSR count). The summed E-state index contributed by atoms with van der Waals surface area (Å²) in [7, 11) is 0. The number of para-hydroxylation sites is 1. The predicted octanol–water partition coefficient (Wildman–Crippen LogP) is 3.70. The lowest BCUT2D eigenvalue weighted by molar-refractivity contribution is -0.136. The smallest absolute Gasteiger partial charge is 0.313 e. The van der Waals surface area contributed by atoms with E-state index in [4.69, 9.17) is 11.6 Å². The number of hydrogen-bond donors (Lipinski definition) is 2. The van der Waals surface area contributed by atoms with Gasteiger partial charge in [0.05, 0.1) is 23.4 Å². The van der Waals surface area contributed by atoms with Gasteiger partial charge in [0, 0.05) is 10.4 Å². The summed E-state index contributed by atoms with van der Waals surface area (Å²) in [6.07, 6.45) is 1.52. The number of anilines is 1. The Labute approximate surface area is 150 Å². The van der Waals surface area contributed by atoms with Crippen molar-refractivity contribution in [3.05, 3.63) is 71.4 Å². The number of carbonyl (C=O) groups excluding carboxylic acids is 2. The van der Waals surface area contributed by atoms with Gasteiger partial charge in [0.1, 0.15) is 0 Å². The summed E-state index contributed by atoms with van der Waals surface area (Å²) in [5.74, 6) is -1.49. The highest BCUT2D eigenvalue weighted by atomic mass is 35.5. The van der Waals surface area contributed by atoms with Gasteiger partial charge in [0.2, 0.25) is 0 Å². The maximum absolute atomic E-state index is 12.1. The van der Waals surface area contributed by atoms with Gasteiger partial charge in [-0.3, -0.25) is 14.6 Å². The van der Waals surface area contributed by atoms with Gasteiger partial charge in [-0.25, -0.2) is 0 Å². The SMILES string of the molecule is C[C@@H](NC(=O)C(=O)Nc1cnc2ccccc2c1)c1ccccc1Cl. The van der Waals surface area contributed by atoms with Crippen molar-refractivity contribution < 1.29 is 9.59 Å². The highest BCUT2D eigenvalue weighted by Gasteiger charge is 2.18. The van der Waals surface area contributed by atoms with Gasteiger partial charge in [-0.2, -0.15) is 0 Å². The Morgan fingerprint density at radius 1 is 1.04 bits per heavy atom. The molecule has 5 nitrogen and oxygen atoms in total. The molecule has 1 atom stereocenters. The lowest BCUT2D eigenvalue weighted by Crippen LogP contribution is -2.37. The third-order valence-corrected chi connectivity index (χ3v) is 4.12. The predicted molar refractivity (Wildman–Crippen MR) is 98.4 cm³/mol. The molecule has 0 radical (unpaired) electrons. The molecule has 2 amide bonds. The molecule has 0 saturated heterocycles. The van der Waals surface area contributed by atoms with Gasteiger partial charge in [-0.1, -0.05) is 48.0 Å². The van der Waals surface area contributed by atoms with Crippen LogP contribution in [0.5, 0.6) is 0 Å². The van der Waals surface area contributed by atoms with Crippen molar-refractivity contribution in [3.8, 4) is 0 Å². The average molecular weight is 354 g/mol. The second kappa shape index (κ2) is 7.32. The van der Waals surface area contributed by atoms with Crippen molar-refractivity contribution in [1.29, 1.82) is 0 Å². The number of halogens is 1. The molecule has 6 heteroatoms.